The highest BCUT2D eigenvalue weighted by molar-refractivity contribution is 5.76. The predicted molar refractivity (Wildman–Crippen MR) is 79.3 cm³/mol. The minimum Gasteiger partial charge on any atom is -0.327 e. The van der Waals surface area contributed by atoms with Gasteiger partial charge >= 0.3 is 0 Å². The van der Waals surface area contributed by atoms with Gasteiger partial charge in [0, 0.05) is 17.5 Å². The summed E-state index contributed by atoms with van der Waals surface area (Å²) < 4.78 is 2.38. The van der Waals surface area contributed by atoms with Gasteiger partial charge in [-0.25, -0.2) is 4.98 Å². The standard InChI is InChI=1S/C16H23N3/c1-11(2)19-13-8-5-4-7-12(13)18-15(19)16(3)10-6-9-14(16)17/h4-5,7-8,11,14H,6,9-10,17H2,1-3H3. The second kappa shape index (κ2) is 4.34. The highest BCUT2D eigenvalue weighted by atomic mass is 15.1. The summed E-state index contributed by atoms with van der Waals surface area (Å²) in [5, 5.41) is 0. The van der Waals surface area contributed by atoms with Crippen LogP contribution in [-0.2, 0) is 5.41 Å². The second-order valence-corrected chi connectivity index (χ2v) is 6.30. The Morgan fingerprint density at radius 1 is 1.37 bits per heavy atom. The maximum Gasteiger partial charge on any atom is 0.117 e. The zero-order valence-corrected chi connectivity index (χ0v) is 12.1. The van der Waals surface area contributed by atoms with Crippen molar-refractivity contribution in [1.82, 2.24) is 9.55 Å². The van der Waals surface area contributed by atoms with Crippen LogP contribution in [-0.4, -0.2) is 15.6 Å². The number of hydrogen-bond acceptors (Lipinski definition) is 2. The molecule has 0 spiro atoms. The van der Waals surface area contributed by atoms with E-state index in [-0.39, 0.29) is 11.5 Å². The van der Waals surface area contributed by atoms with Gasteiger partial charge in [-0.3, -0.25) is 0 Å². The van der Waals surface area contributed by atoms with Crippen LogP contribution in [0, 0.1) is 0 Å². The van der Waals surface area contributed by atoms with Gasteiger partial charge in [-0.05, 0) is 38.8 Å². The molecule has 2 N–H and O–H groups in total. The Morgan fingerprint density at radius 3 is 2.74 bits per heavy atom. The summed E-state index contributed by atoms with van der Waals surface area (Å²) in [6.07, 6.45) is 3.46. The highest BCUT2D eigenvalue weighted by Crippen LogP contribution is 2.41. The number of benzene rings is 1. The molecule has 1 heterocycles. The largest absolute Gasteiger partial charge is 0.327 e. The topological polar surface area (TPSA) is 43.8 Å². The van der Waals surface area contributed by atoms with E-state index in [2.05, 4.69) is 49.6 Å². The molecule has 1 fully saturated rings. The fraction of sp³-hybridized carbons (Fsp3) is 0.562. The molecule has 0 amide bonds. The zero-order valence-electron chi connectivity index (χ0n) is 12.1. The number of para-hydroxylation sites is 2. The van der Waals surface area contributed by atoms with Gasteiger partial charge in [0.25, 0.3) is 0 Å². The first kappa shape index (κ1) is 12.7. The van der Waals surface area contributed by atoms with Crippen LogP contribution < -0.4 is 5.73 Å². The van der Waals surface area contributed by atoms with Crippen molar-refractivity contribution in [2.24, 2.45) is 5.73 Å². The molecule has 1 aliphatic carbocycles. The van der Waals surface area contributed by atoms with Gasteiger partial charge in [0.1, 0.15) is 5.82 Å². The van der Waals surface area contributed by atoms with E-state index in [0.717, 1.165) is 18.4 Å². The molecule has 1 aliphatic rings. The van der Waals surface area contributed by atoms with Crippen LogP contribution in [0.2, 0.25) is 0 Å². The molecule has 2 aromatic rings. The van der Waals surface area contributed by atoms with Crippen LogP contribution in [0.25, 0.3) is 11.0 Å². The van der Waals surface area contributed by atoms with E-state index < -0.39 is 0 Å². The molecule has 3 heteroatoms. The molecule has 3 nitrogen and oxygen atoms in total. The summed E-state index contributed by atoms with van der Waals surface area (Å²) in [6, 6.07) is 9.04. The van der Waals surface area contributed by atoms with Crippen molar-refractivity contribution in [3.63, 3.8) is 0 Å². The van der Waals surface area contributed by atoms with Crippen molar-refractivity contribution in [1.29, 1.82) is 0 Å². The molecule has 0 radical (unpaired) electrons. The maximum atomic E-state index is 6.38. The molecule has 1 aromatic carbocycles. The summed E-state index contributed by atoms with van der Waals surface area (Å²) in [5.74, 6) is 1.17. The van der Waals surface area contributed by atoms with Gasteiger partial charge in [-0.1, -0.05) is 25.5 Å². The molecule has 19 heavy (non-hydrogen) atoms. The monoisotopic (exact) mass is 257 g/mol. The average molecular weight is 257 g/mol. The lowest BCUT2D eigenvalue weighted by Gasteiger charge is -2.30. The molecular weight excluding hydrogens is 234 g/mol. The number of fused-ring (bicyclic) bond motifs is 1. The Hall–Kier alpha value is -1.35. The van der Waals surface area contributed by atoms with E-state index in [9.17, 15) is 0 Å². The molecule has 0 saturated heterocycles. The molecule has 0 bridgehead atoms. The number of imidazole rings is 1. The Kier molecular flexibility index (Phi) is 2.90. The molecule has 1 saturated carbocycles. The molecule has 3 rings (SSSR count). The maximum absolute atomic E-state index is 6.38. The quantitative estimate of drug-likeness (QED) is 0.896. The van der Waals surface area contributed by atoms with Crippen LogP contribution in [0.3, 0.4) is 0 Å². The van der Waals surface area contributed by atoms with E-state index in [1.807, 2.05) is 0 Å². The van der Waals surface area contributed by atoms with E-state index in [0.29, 0.717) is 6.04 Å². The van der Waals surface area contributed by atoms with Gasteiger partial charge in [-0.2, -0.15) is 0 Å². The summed E-state index contributed by atoms with van der Waals surface area (Å²) in [6.45, 7) is 6.73. The highest BCUT2D eigenvalue weighted by Gasteiger charge is 2.42. The molecule has 102 valence electrons. The van der Waals surface area contributed by atoms with Gasteiger partial charge in [0.05, 0.1) is 11.0 Å². The van der Waals surface area contributed by atoms with Crippen molar-refractivity contribution in [3.8, 4) is 0 Å². The van der Waals surface area contributed by atoms with Gasteiger partial charge in [-0.15, -0.1) is 0 Å². The molecular formula is C16H23N3. The fourth-order valence-corrected chi connectivity index (χ4v) is 3.44. The third-order valence-corrected chi connectivity index (χ3v) is 4.65. The van der Waals surface area contributed by atoms with Crippen molar-refractivity contribution >= 4 is 11.0 Å². The summed E-state index contributed by atoms with van der Waals surface area (Å²) >= 11 is 0. The minimum absolute atomic E-state index is 0.0172. The minimum atomic E-state index is 0.0172. The Bertz CT molecular complexity index is 599. The van der Waals surface area contributed by atoms with Gasteiger partial charge in [0.2, 0.25) is 0 Å². The second-order valence-electron chi connectivity index (χ2n) is 6.30. The SMILES string of the molecule is CC(C)n1c(C2(C)CCCC2N)nc2ccccc21. The lowest BCUT2D eigenvalue weighted by Crippen LogP contribution is -2.40. The van der Waals surface area contributed by atoms with Crippen molar-refractivity contribution < 1.29 is 0 Å². The number of nitrogens with zero attached hydrogens (tertiary/aromatic N) is 2. The van der Waals surface area contributed by atoms with Gasteiger partial charge < -0.3 is 10.3 Å². The number of hydrogen-bond donors (Lipinski definition) is 1. The van der Waals surface area contributed by atoms with Gasteiger partial charge in [0.15, 0.2) is 0 Å². The molecule has 2 unspecified atom stereocenters. The lowest BCUT2D eigenvalue weighted by molar-refractivity contribution is 0.378. The van der Waals surface area contributed by atoms with E-state index in [4.69, 9.17) is 10.7 Å². The molecule has 1 aromatic heterocycles. The van der Waals surface area contributed by atoms with Crippen LogP contribution in [0.4, 0.5) is 0 Å². The zero-order chi connectivity index (χ0) is 13.6. The fourth-order valence-electron chi connectivity index (χ4n) is 3.44. The summed E-state index contributed by atoms with van der Waals surface area (Å²) in [5.41, 5.74) is 8.72. The van der Waals surface area contributed by atoms with Crippen molar-refractivity contribution in [2.75, 3.05) is 0 Å². The van der Waals surface area contributed by atoms with Crippen LogP contribution >= 0.6 is 0 Å². The first-order valence-corrected chi connectivity index (χ1v) is 7.27. The van der Waals surface area contributed by atoms with Crippen LogP contribution in [0.1, 0.15) is 51.9 Å². The Balaban J connectivity index is 2.26. The summed E-state index contributed by atoms with van der Waals surface area (Å²) in [4.78, 5) is 4.92. The number of nitrogens with two attached hydrogens (primary N) is 1. The van der Waals surface area contributed by atoms with Crippen molar-refractivity contribution in [2.45, 2.75) is 57.5 Å². The molecule has 0 aliphatic heterocycles. The summed E-state index contributed by atoms with van der Waals surface area (Å²) in [7, 11) is 0. The average Bonchev–Trinajstić information content (AvgIpc) is 2.92. The lowest BCUT2D eigenvalue weighted by atomic mass is 9.84. The number of aromatic nitrogens is 2. The van der Waals surface area contributed by atoms with Crippen molar-refractivity contribution in [3.05, 3.63) is 30.1 Å². The van der Waals surface area contributed by atoms with Crippen LogP contribution in [0.15, 0.2) is 24.3 Å². The normalized spacial score (nSPS) is 27.5. The Morgan fingerprint density at radius 2 is 2.11 bits per heavy atom. The smallest absolute Gasteiger partial charge is 0.117 e. The van der Waals surface area contributed by atoms with E-state index >= 15 is 0 Å². The van der Waals surface area contributed by atoms with Crippen LogP contribution in [0.5, 0.6) is 0 Å². The molecule has 2 atom stereocenters. The predicted octanol–water partition coefficient (Wildman–Crippen LogP) is 3.39. The first-order chi connectivity index (χ1) is 9.04. The number of rotatable bonds is 2. The third kappa shape index (κ3) is 1.79. The third-order valence-electron chi connectivity index (χ3n) is 4.65. The Labute approximate surface area is 114 Å². The van der Waals surface area contributed by atoms with E-state index in [1.54, 1.807) is 0 Å². The first-order valence-electron chi connectivity index (χ1n) is 7.27. The van der Waals surface area contributed by atoms with E-state index in [1.165, 1.54) is 17.8 Å².